The van der Waals surface area contributed by atoms with Crippen LogP contribution in [0.15, 0.2) is 48.5 Å². The van der Waals surface area contributed by atoms with Crippen LogP contribution in [0.5, 0.6) is 5.75 Å². The van der Waals surface area contributed by atoms with Crippen LogP contribution >= 0.6 is 0 Å². The van der Waals surface area contributed by atoms with Crippen molar-refractivity contribution in [3.8, 4) is 17.1 Å². The fraction of sp³-hybridized carbons (Fsp3) is 0.333. The third-order valence-corrected chi connectivity index (χ3v) is 4.61. The minimum absolute atomic E-state index is 0.136. The second kappa shape index (κ2) is 8.68. The first-order chi connectivity index (χ1) is 13.1. The Balaban J connectivity index is 1.87. The number of hydrogen-bond acceptors (Lipinski definition) is 4. The van der Waals surface area contributed by atoms with E-state index >= 15 is 0 Å². The van der Waals surface area contributed by atoms with E-state index in [0.717, 1.165) is 42.0 Å². The fourth-order valence-electron chi connectivity index (χ4n) is 3.15. The maximum atomic E-state index is 11.3. The molecule has 0 radical (unpaired) electrons. The van der Waals surface area contributed by atoms with Gasteiger partial charge in [0.15, 0.2) is 0 Å². The van der Waals surface area contributed by atoms with E-state index in [1.165, 1.54) is 0 Å². The Kier molecular flexibility index (Phi) is 6.08. The predicted molar refractivity (Wildman–Crippen MR) is 106 cm³/mol. The smallest absolute Gasteiger partial charge is 0.323 e. The van der Waals surface area contributed by atoms with Crippen LogP contribution in [0.3, 0.4) is 0 Å². The predicted octanol–water partition coefficient (Wildman–Crippen LogP) is 3.51. The Morgan fingerprint density at radius 3 is 2.67 bits per heavy atom. The zero-order chi connectivity index (χ0) is 19.2. The SMILES string of the molecule is CCN(CC)CCOc1cccc(-c2nc3ccccc3n2CC(=O)O)c1. The fourth-order valence-corrected chi connectivity index (χ4v) is 3.15. The first kappa shape index (κ1) is 18.9. The van der Waals surface area contributed by atoms with Gasteiger partial charge in [-0.15, -0.1) is 0 Å². The largest absolute Gasteiger partial charge is 0.492 e. The van der Waals surface area contributed by atoms with Crippen molar-refractivity contribution in [3.05, 3.63) is 48.5 Å². The first-order valence-corrected chi connectivity index (χ1v) is 9.25. The minimum atomic E-state index is -0.897. The number of carboxylic acids is 1. The molecule has 1 aromatic heterocycles. The number of benzene rings is 2. The summed E-state index contributed by atoms with van der Waals surface area (Å²) in [5.74, 6) is 0.493. The summed E-state index contributed by atoms with van der Waals surface area (Å²) in [6.07, 6.45) is 0. The number of imidazole rings is 1. The number of para-hydroxylation sites is 2. The van der Waals surface area contributed by atoms with Crippen LogP contribution in [-0.4, -0.2) is 51.8 Å². The van der Waals surface area contributed by atoms with Crippen molar-refractivity contribution in [2.75, 3.05) is 26.2 Å². The molecule has 0 saturated carbocycles. The van der Waals surface area contributed by atoms with Crippen LogP contribution in [0.1, 0.15) is 13.8 Å². The topological polar surface area (TPSA) is 67.6 Å². The van der Waals surface area contributed by atoms with E-state index in [1.54, 1.807) is 4.57 Å². The lowest BCUT2D eigenvalue weighted by molar-refractivity contribution is -0.137. The number of likely N-dealkylation sites (N-methyl/N-ethyl adjacent to an activating group) is 1. The lowest BCUT2D eigenvalue weighted by Gasteiger charge is -2.18. The molecule has 3 aromatic rings. The normalized spacial score (nSPS) is 11.2. The van der Waals surface area contributed by atoms with Gasteiger partial charge in [0.05, 0.1) is 11.0 Å². The third kappa shape index (κ3) is 4.46. The molecule has 0 aliphatic heterocycles. The van der Waals surface area contributed by atoms with Crippen molar-refractivity contribution < 1.29 is 14.6 Å². The second-order valence-electron chi connectivity index (χ2n) is 6.31. The van der Waals surface area contributed by atoms with E-state index in [1.807, 2.05) is 48.5 Å². The van der Waals surface area contributed by atoms with Gasteiger partial charge in [0.1, 0.15) is 24.7 Å². The molecule has 0 unspecified atom stereocenters. The monoisotopic (exact) mass is 367 g/mol. The van der Waals surface area contributed by atoms with Gasteiger partial charge in [-0.2, -0.15) is 0 Å². The summed E-state index contributed by atoms with van der Waals surface area (Å²) in [5.41, 5.74) is 2.43. The third-order valence-electron chi connectivity index (χ3n) is 4.61. The standard InChI is InChI=1S/C21H25N3O3/c1-3-23(4-2)12-13-27-17-9-7-8-16(14-17)21-22-18-10-5-6-11-19(18)24(21)15-20(25)26/h5-11,14H,3-4,12-13,15H2,1-2H3,(H,25,26). The highest BCUT2D eigenvalue weighted by Crippen LogP contribution is 2.27. The number of carbonyl (C=O) groups is 1. The molecule has 142 valence electrons. The van der Waals surface area contributed by atoms with E-state index in [9.17, 15) is 9.90 Å². The molecule has 6 heteroatoms. The summed E-state index contributed by atoms with van der Waals surface area (Å²) in [4.78, 5) is 18.3. The Morgan fingerprint density at radius 2 is 1.93 bits per heavy atom. The molecule has 0 amide bonds. The molecule has 0 fully saturated rings. The van der Waals surface area contributed by atoms with Gasteiger partial charge in [-0.1, -0.05) is 38.1 Å². The molecule has 1 N–H and O–H groups in total. The van der Waals surface area contributed by atoms with Gasteiger partial charge >= 0.3 is 5.97 Å². The Morgan fingerprint density at radius 1 is 1.15 bits per heavy atom. The van der Waals surface area contributed by atoms with E-state index in [-0.39, 0.29) is 6.54 Å². The molecule has 6 nitrogen and oxygen atoms in total. The average Bonchev–Trinajstić information content (AvgIpc) is 3.04. The molecule has 2 aromatic carbocycles. The lowest BCUT2D eigenvalue weighted by atomic mass is 10.2. The summed E-state index contributed by atoms with van der Waals surface area (Å²) in [5, 5.41) is 9.31. The molecule has 1 heterocycles. The number of fused-ring (bicyclic) bond motifs is 1. The maximum absolute atomic E-state index is 11.3. The van der Waals surface area contributed by atoms with Gasteiger partial charge in [-0.3, -0.25) is 4.79 Å². The van der Waals surface area contributed by atoms with Crippen molar-refractivity contribution in [2.24, 2.45) is 0 Å². The summed E-state index contributed by atoms with van der Waals surface area (Å²) in [6, 6.07) is 15.2. The van der Waals surface area contributed by atoms with Gasteiger partial charge < -0.3 is 19.3 Å². The molecule has 0 bridgehead atoms. The van der Waals surface area contributed by atoms with Crippen LogP contribution in [0.4, 0.5) is 0 Å². The number of aliphatic carboxylic acids is 1. The molecule has 0 aliphatic rings. The van der Waals surface area contributed by atoms with Crippen LogP contribution < -0.4 is 4.74 Å². The summed E-state index contributed by atoms with van der Waals surface area (Å²) < 4.78 is 7.63. The van der Waals surface area contributed by atoms with E-state index in [2.05, 4.69) is 23.7 Å². The van der Waals surface area contributed by atoms with Gasteiger partial charge in [0.2, 0.25) is 0 Å². The van der Waals surface area contributed by atoms with Crippen molar-refractivity contribution in [3.63, 3.8) is 0 Å². The highest BCUT2D eigenvalue weighted by Gasteiger charge is 2.15. The lowest BCUT2D eigenvalue weighted by Crippen LogP contribution is -2.27. The van der Waals surface area contributed by atoms with Crippen LogP contribution in [0.2, 0.25) is 0 Å². The zero-order valence-corrected chi connectivity index (χ0v) is 15.8. The molecule has 0 spiro atoms. The number of ether oxygens (including phenoxy) is 1. The van der Waals surface area contributed by atoms with Crippen LogP contribution in [0, 0.1) is 0 Å². The number of carboxylic acid groups (broad SMARTS) is 1. The maximum Gasteiger partial charge on any atom is 0.323 e. The van der Waals surface area contributed by atoms with Gasteiger partial charge in [0, 0.05) is 12.1 Å². The van der Waals surface area contributed by atoms with Crippen molar-refractivity contribution in [1.82, 2.24) is 14.5 Å². The van der Waals surface area contributed by atoms with E-state index in [4.69, 9.17) is 4.74 Å². The van der Waals surface area contributed by atoms with Crippen molar-refractivity contribution in [2.45, 2.75) is 20.4 Å². The Hall–Kier alpha value is -2.86. The van der Waals surface area contributed by atoms with Crippen molar-refractivity contribution >= 4 is 17.0 Å². The summed E-state index contributed by atoms with van der Waals surface area (Å²) >= 11 is 0. The van der Waals surface area contributed by atoms with Gasteiger partial charge in [-0.25, -0.2) is 4.98 Å². The highest BCUT2D eigenvalue weighted by atomic mass is 16.5. The Bertz CT molecular complexity index is 916. The molecule has 27 heavy (non-hydrogen) atoms. The molecule has 3 rings (SSSR count). The summed E-state index contributed by atoms with van der Waals surface area (Å²) in [7, 11) is 0. The molecule has 0 aliphatic carbocycles. The quantitative estimate of drug-likeness (QED) is 0.627. The van der Waals surface area contributed by atoms with Gasteiger partial charge in [-0.05, 0) is 37.4 Å². The number of rotatable bonds is 9. The summed E-state index contributed by atoms with van der Waals surface area (Å²) in [6.45, 7) is 7.61. The van der Waals surface area contributed by atoms with Gasteiger partial charge in [0.25, 0.3) is 0 Å². The number of aromatic nitrogens is 2. The molecule has 0 saturated heterocycles. The second-order valence-corrected chi connectivity index (χ2v) is 6.31. The Labute approximate surface area is 159 Å². The van der Waals surface area contributed by atoms with Crippen molar-refractivity contribution in [1.29, 1.82) is 0 Å². The first-order valence-electron chi connectivity index (χ1n) is 9.25. The van der Waals surface area contributed by atoms with E-state index < -0.39 is 5.97 Å². The number of hydrogen-bond donors (Lipinski definition) is 1. The molecule has 0 atom stereocenters. The highest BCUT2D eigenvalue weighted by molar-refractivity contribution is 5.83. The minimum Gasteiger partial charge on any atom is -0.492 e. The van der Waals surface area contributed by atoms with Crippen LogP contribution in [-0.2, 0) is 11.3 Å². The molecular formula is C21H25N3O3. The number of nitrogens with zero attached hydrogens (tertiary/aromatic N) is 3. The zero-order valence-electron chi connectivity index (χ0n) is 15.8. The van der Waals surface area contributed by atoms with E-state index in [0.29, 0.717) is 12.4 Å². The average molecular weight is 367 g/mol. The van der Waals surface area contributed by atoms with Crippen LogP contribution in [0.25, 0.3) is 22.4 Å². The molecular weight excluding hydrogens is 342 g/mol.